The summed E-state index contributed by atoms with van der Waals surface area (Å²) in [5, 5.41) is 12.1. The number of amides is 1. The Morgan fingerprint density at radius 3 is 2.77 bits per heavy atom. The Labute approximate surface area is 128 Å². The van der Waals surface area contributed by atoms with Crippen molar-refractivity contribution in [3.05, 3.63) is 29.0 Å². The lowest BCUT2D eigenvalue weighted by Gasteiger charge is -2.33. The zero-order valence-corrected chi connectivity index (χ0v) is 12.3. The quantitative estimate of drug-likeness (QED) is 0.899. The Bertz CT molecular complexity index is 740. The van der Waals surface area contributed by atoms with Gasteiger partial charge in [0.25, 0.3) is 5.91 Å². The first kappa shape index (κ1) is 14.9. The summed E-state index contributed by atoms with van der Waals surface area (Å²) in [5.74, 6) is -2.08. The molecule has 0 radical (unpaired) electrons. The number of carboxylic acids is 1. The standard InChI is InChI=1S/C14H13FN2O4S/c15-8-1-2-10-9(7-8)16-12(22-10)11(18)17-14(13(19)20)3-5-21-6-4-14/h1-2,7H,3-6H2,(H,17,18)(H,19,20). The van der Waals surface area contributed by atoms with Crippen LogP contribution >= 0.6 is 11.3 Å². The fourth-order valence-corrected chi connectivity index (χ4v) is 3.22. The Morgan fingerprint density at radius 2 is 2.09 bits per heavy atom. The van der Waals surface area contributed by atoms with Crippen molar-refractivity contribution in [2.24, 2.45) is 0 Å². The highest BCUT2D eigenvalue weighted by atomic mass is 32.1. The number of carbonyl (C=O) groups is 2. The summed E-state index contributed by atoms with van der Waals surface area (Å²) in [6.45, 7) is 0.551. The second kappa shape index (κ2) is 5.62. The van der Waals surface area contributed by atoms with E-state index in [0.29, 0.717) is 10.2 Å². The van der Waals surface area contributed by atoms with Gasteiger partial charge in [0, 0.05) is 32.1 Å². The molecule has 22 heavy (non-hydrogen) atoms. The van der Waals surface area contributed by atoms with E-state index in [1.807, 2.05) is 0 Å². The fourth-order valence-electron chi connectivity index (χ4n) is 2.38. The highest BCUT2D eigenvalue weighted by Crippen LogP contribution is 2.25. The number of nitrogens with zero attached hydrogens (tertiary/aromatic N) is 1. The van der Waals surface area contributed by atoms with E-state index in [-0.39, 0.29) is 31.1 Å². The van der Waals surface area contributed by atoms with Crippen LogP contribution in [0.5, 0.6) is 0 Å². The molecule has 1 aliphatic rings. The number of carboxylic acid groups (broad SMARTS) is 1. The molecule has 116 valence electrons. The number of nitrogens with one attached hydrogen (secondary N) is 1. The third kappa shape index (κ3) is 2.67. The zero-order chi connectivity index (χ0) is 15.7. The molecule has 3 rings (SSSR count). The van der Waals surface area contributed by atoms with Crippen LogP contribution in [0.3, 0.4) is 0 Å². The van der Waals surface area contributed by atoms with E-state index >= 15 is 0 Å². The van der Waals surface area contributed by atoms with Crippen LogP contribution < -0.4 is 5.32 Å². The second-order valence-electron chi connectivity index (χ2n) is 5.08. The minimum Gasteiger partial charge on any atom is -0.480 e. The summed E-state index contributed by atoms with van der Waals surface area (Å²) < 4.78 is 19.0. The lowest BCUT2D eigenvalue weighted by Crippen LogP contribution is -2.57. The Hall–Kier alpha value is -2.06. The van der Waals surface area contributed by atoms with Gasteiger partial charge in [0.15, 0.2) is 5.01 Å². The van der Waals surface area contributed by atoms with Gasteiger partial charge in [-0.25, -0.2) is 14.2 Å². The normalized spacial score (nSPS) is 17.3. The molecule has 0 spiro atoms. The Kier molecular flexibility index (Phi) is 3.79. The first-order valence-corrected chi connectivity index (χ1v) is 7.52. The van der Waals surface area contributed by atoms with Crippen molar-refractivity contribution in [3.63, 3.8) is 0 Å². The molecule has 6 nitrogen and oxygen atoms in total. The van der Waals surface area contributed by atoms with Gasteiger partial charge in [0.1, 0.15) is 11.4 Å². The molecule has 0 saturated carbocycles. The van der Waals surface area contributed by atoms with Crippen molar-refractivity contribution in [3.8, 4) is 0 Å². The number of benzene rings is 1. The van der Waals surface area contributed by atoms with E-state index < -0.39 is 23.2 Å². The van der Waals surface area contributed by atoms with Crippen LogP contribution in [0.4, 0.5) is 4.39 Å². The van der Waals surface area contributed by atoms with Crippen molar-refractivity contribution in [1.29, 1.82) is 0 Å². The molecule has 1 aromatic carbocycles. The van der Waals surface area contributed by atoms with E-state index in [1.54, 1.807) is 6.07 Å². The first-order chi connectivity index (χ1) is 10.5. The lowest BCUT2D eigenvalue weighted by molar-refractivity contribution is -0.148. The summed E-state index contributed by atoms with van der Waals surface area (Å²) in [6, 6.07) is 4.07. The number of hydrogen-bond donors (Lipinski definition) is 2. The molecule has 1 aromatic heterocycles. The summed E-state index contributed by atoms with van der Waals surface area (Å²) >= 11 is 1.10. The molecule has 0 bridgehead atoms. The van der Waals surface area contributed by atoms with Gasteiger partial charge in [0.2, 0.25) is 0 Å². The summed E-state index contributed by atoms with van der Waals surface area (Å²) in [5.41, 5.74) is -0.954. The van der Waals surface area contributed by atoms with Crippen molar-refractivity contribution in [2.75, 3.05) is 13.2 Å². The summed E-state index contributed by atoms with van der Waals surface area (Å²) in [7, 11) is 0. The van der Waals surface area contributed by atoms with Crippen LogP contribution in [0.2, 0.25) is 0 Å². The van der Waals surface area contributed by atoms with Gasteiger partial charge in [-0.3, -0.25) is 4.79 Å². The van der Waals surface area contributed by atoms with E-state index in [2.05, 4.69) is 10.3 Å². The number of aliphatic carboxylic acids is 1. The number of carbonyl (C=O) groups excluding carboxylic acids is 1. The molecular weight excluding hydrogens is 311 g/mol. The monoisotopic (exact) mass is 324 g/mol. The molecule has 1 fully saturated rings. The number of ether oxygens (including phenoxy) is 1. The van der Waals surface area contributed by atoms with Crippen molar-refractivity contribution in [2.45, 2.75) is 18.4 Å². The molecule has 1 saturated heterocycles. The molecule has 0 unspecified atom stereocenters. The first-order valence-electron chi connectivity index (χ1n) is 6.70. The molecule has 2 aromatic rings. The van der Waals surface area contributed by atoms with Crippen molar-refractivity contribution >= 4 is 33.4 Å². The molecule has 2 heterocycles. The van der Waals surface area contributed by atoms with Gasteiger partial charge < -0.3 is 15.2 Å². The predicted molar refractivity (Wildman–Crippen MR) is 77.5 cm³/mol. The fraction of sp³-hybridized carbons (Fsp3) is 0.357. The molecule has 1 aliphatic heterocycles. The number of halogens is 1. The van der Waals surface area contributed by atoms with Crippen LogP contribution in [0, 0.1) is 5.82 Å². The maximum atomic E-state index is 13.2. The Balaban J connectivity index is 1.86. The summed E-state index contributed by atoms with van der Waals surface area (Å²) in [6.07, 6.45) is 0.404. The predicted octanol–water partition coefficient (Wildman–Crippen LogP) is 1.80. The Morgan fingerprint density at radius 1 is 1.36 bits per heavy atom. The van der Waals surface area contributed by atoms with Crippen LogP contribution in [0.25, 0.3) is 10.2 Å². The number of rotatable bonds is 3. The summed E-state index contributed by atoms with van der Waals surface area (Å²) in [4.78, 5) is 27.9. The van der Waals surface area contributed by atoms with Gasteiger partial charge in [0.05, 0.1) is 10.2 Å². The topological polar surface area (TPSA) is 88.5 Å². The number of fused-ring (bicyclic) bond motifs is 1. The molecule has 8 heteroatoms. The highest BCUT2D eigenvalue weighted by Gasteiger charge is 2.42. The van der Waals surface area contributed by atoms with Gasteiger partial charge in [-0.15, -0.1) is 11.3 Å². The molecule has 2 N–H and O–H groups in total. The third-order valence-electron chi connectivity index (χ3n) is 3.65. The average Bonchev–Trinajstić information content (AvgIpc) is 2.91. The van der Waals surface area contributed by atoms with Gasteiger partial charge in [-0.1, -0.05) is 0 Å². The molecule has 1 amide bonds. The van der Waals surface area contributed by atoms with Gasteiger partial charge in [-0.2, -0.15) is 0 Å². The minimum absolute atomic E-state index is 0.118. The van der Waals surface area contributed by atoms with Crippen LogP contribution in [-0.4, -0.2) is 40.7 Å². The smallest absolute Gasteiger partial charge is 0.329 e. The molecular formula is C14H13FN2O4S. The zero-order valence-electron chi connectivity index (χ0n) is 11.5. The second-order valence-corrected chi connectivity index (χ2v) is 6.12. The number of hydrogen-bond acceptors (Lipinski definition) is 5. The SMILES string of the molecule is O=C(NC1(C(=O)O)CCOCC1)c1nc2cc(F)ccc2s1. The van der Waals surface area contributed by atoms with E-state index in [0.717, 1.165) is 11.3 Å². The van der Waals surface area contributed by atoms with Crippen molar-refractivity contribution < 1.29 is 23.8 Å². The van der Waals surface area contributed by atoms with Crippen molar-refractivity contribution in [1.82, 2.24) is 10.3 Å². The number of aromatic nitrogens is 1. The number of thiazole rings is 1. The third-order valence-corrected chi connectivity index (χ3v) is 4.69. The largest absolute Gasteiger partial charge is 0.480 e. The van der Waals surface area contributed by atoms with E-state index in [1.165, 1.54) is 12.1 Å². The van der Waals surface area contributed by atoms with Crippen LogP contribution in [0.15, 0.2) is 18.2 Å². The molecule has 0 atom stereocenters. The average molecular weight is 324 g/mol. The highest BCUT2D eigenvalue weighted by molar-refractivity contribution is 7.20. The minimum atomic E-state index is -1.33. The maximum absolute atomic E-state index is 13.2. The van der Waals surface area contributed by atoms with E-state index in [4.69, 9.17) is 4.74 Å². The van der Waals surface area contributed by atoms with Gasteiger partial charge >= 0.3 is 5.97 Å². The maximum Gasteiger partial charge on any atom is 0.329 e. The van der Waals surface area contributed by atoms with Crippen LogP contribution in [0.1, 0.15) is 22.6 Å². The van der Waals surface area contributed by atoms with Crippen LogP contribution in [-0.2, 0) is 9.53 Å². The lowest BCUT2D eigenvalue weighted by atomic mass is 9.90. The van der Waals surface area contributed by atoms with Gasteiger partial charge in [-0.05, 0) is 12.1 Å². The van der Waals surface area contributed by atoms with E-state index in [9.17, 15) is 19.1 Å². The molecule has 0 aliphatic carbocycles.